The summed E-state index contributed by atoms with van der Waals surface area (Å²) in [4.78, 5) is 22.4. The van der Waals surface area contributed by atoms with E-state index in [-0.39, 0.29) is 12.1 Å². The Morgan fingerprint density at radius 2 is 1.77 bits per heavy atom. The summed E-state index contributed by atoms with van der Waals surface area (Å²) in [5, 5.41) is 6.83. The molecule has 2 atom stereocenters. The first-order valence-corrected chi connectivity index (χ1v) is 7.38. The van der Waals surface area contributed by atoms with Gasteiger partial charge in [-0.2, -0.15) is 0 Å². The number of carbonyl (C=O) groups is 2. The molecule has 2 unspecified atom stereocenters. The van der Waals surface area contributed by atoms with Crippen molar-refractivity contribution in [2.75, 3.05) is 10.6 Å². The Labute approximate surface area is 129 Å². The van der Waals surface area contributed by atoms with Crippen molar-refractivity contribution in [3.63, 3.8) is 0 Å². The molecule has 4 heteroatoms. The molecule has 1 aliphatic rings. The van der Waals surface area contributed by atoms with Gasteiger partial charge in [0.25, 0.3) is 0 Å². The van der Waals surface area contributed by atoms with Crippen molar-refractivity contribution in [2.45, 2.75) is 25.4 Å². The number of benzene rings is 2. The van der Waals surface area contributed by atoms with Gasteiger partial charge in [-0.15, -0.1) is 0 Å². The van der Waals surface area contributed by atoms with Crippen LogP contribution in [0.5, 0.6) is 0 Å². The van der Waals surface area contributed by atoms with Crippen LogP contribution in [0.2, 0.25) is 0 Å². The zero-order valence-electron chi connectivity index (χ0n) is 12.4. The first-order chi connectivity index (χ1) is 10.7. The van der Waals surface area contributed by atoms with Crippen LogP contribution in [0, 0.1) is 0 Å². The van der Waals surface area contributed by atoms with E-state index >= 15 is 0 Å². The Morgan fingerprint density at radius 1 is 1.05 bits per heavy atom. The maximum absolute atomic E-state index is 11.2. The second-order valence-corrected chi connectivity index (χ2v) is 5.61. The summed E-state index contributed by atoms with van der Waals surface area (Å²) < 4.78 is 0. The molecule has 1 aliphatic heterocycles. The number of nitrogens with one attached hydrogen (secondary N) is 2. The monoisotopic (exact) mass is 294 g/mol. The second-order valence-electron chi connectivity index (χ2n) is 5.61. The summed E-state index contributed by atoms with van der Waals surface area (Å²) in [6, 6.07) is 13.5. The molecule has 2 aromatic carbocycles. The van der Waals surface area contributed by atoms with Gasteiger partial charge >= 0.3 is 0 Å². The van der Waals surface area contributed by atoms with Crippen molar-refractivity contribution >= 4 is 23.9 Å². The number of anilines is 2. The van der Waals surface area contributed by atoms with Crippen LogP contribution in [0.25, 0.3) is 0 Å². The van der Waals surface area contributed by atoms with E-state index < -0.39 is 0 Å². The minimum absolute atomic E-state index is 0.0623. The van der Waals surface area contributed by atoms with Gasteiger partial charge in [-0.1, -0.05) is 24.3 Å². The fourth-order valence-corrected chi connectivity index (χ4v) is 2.99. The van der Waals surface area contributed by atoms with Crippen molar-refractivity contribution in [1.82, 2.24) is 0 Å². The maximum atomic E-state index is 11.2. The molecule has 0 fully saturated rings. The normalized spacial score (nSPS) is 19.7. The van der Waals surface area contributed by atoms with Gasteiger partial charge in [0.2, 0.25) is 0 Å². The molecule has 0 radical (unpaired) electrons. The standard InChI is InChI=1S/C18H18N2O2/c1-12-9-17(20-16-8-3-2-5-13(16)10-21)15-7-4-6-14(11-22)18(15)19-12/h2-8,10-12,17,19-20H,9H2,1H3. The molecule has 0 saturated heterocycles. The van der Waals surface area contributed by atoms with Gasteiger partial charge in [0.1, 0.15) is 0 Å². The molecule has 2 aromatic rings. The van der Waals surface area contributed by atoms with Crippen LogP contribution in [-0.2, 0) is 0 Å². The van der Waals surface area contributed by atoms with E-state index in [2.05, 4.69) is 17.6 Å². The summed E-state index contributed by atoms with van der Waals surface area (Å²) >= 11 is 0. The van der Waals surface area contributed by atoms with Crippen molar-refractivity contribution in [1.29, 1.82) is 0 Å². The fourth-order valence-electron chi connectivity index (χ4n) is 2.99. The van der Waals surface area contributed by atoms with E-state index in [1.807, 2.05) is 36.4 Å². The van der Waals surface area contributed by atoms with E-state index in [0.717, 1.165) is 35.9 Å². The van der Waals surface area contributed by atoms with E-state index in [9.17, 15) is 9.59 Å². The third-order valence-corrected chi connectivity index (χ3v) is 4.03. The average molecular weight is 294 g/mol. The van der Waals surface area contributed by atoms with Crippen LogP contribution in [0.3, 0.4) is 0 Å². The van der Waals surface area contributed by atoms with Crippen LogP contribution in [0.15, 0.2) is 42.5 Å². The van der Waals surface area contributed by atoms with Crippen LogP contribution >= 0.6 is 0 Å². The maximum Gasteiger partial charge on any atom is 0.152 e. The predicted octanol–water partition coefficient (Wildman–Crippen LogP) is 3.67. The number of rotatable bonds is 4. The van der Waals surface area contributed by atoms with Crippen molar-refractivity contribution in [3.8, 4) is 0 Å². The molecule has 0 aromatic heterocycles. The van der Waals surface area contributed by atoms with E-state index in [0.29, 0.717) is 11.1 Å². The smallest absolute Gasteiger partial charge is 0.152 e. The number of aldehydes is 2. The quantitative estimate of drug-likeness (QED) is 0.845. The van der Waals surface area contributed by atoms with Crippen LogP contribution in [-0.4, -0.2) is 18.6 Å². The number of hydrogen-bond donors (Lipinski definition) is 2. The Morgan fingerprint density at radius 3 is 2.55 bits per heavy atom. The summed E-state index contributed by atoms with van der Waals surface area (Å²) in [6.07, 6.45) is 2.61. The first-order valence-electron chi connectivity index (χ1n) is 7.38. The predicted molar refractivity (Wildman–Crippen MR) is 87.7 cm³/mol. The first kappa shape index (κ1) is 14.3. The summed E-state index contributed by atoms with van der Waals surface area (Å²) in [5.41, 5.74) is 4.07. The minimum atomic E-state index is 0.0623. The average Bonchev–Trinajstić information content (AvgIpc) is 2.54. The van der Waals surface area contributed by atoms with E-state index in [1.54, 1.807) is 6.07 Å². The third kappa shape index (κ3) is 2.60. The van der Waals surface area contributed by atoms with Crippen LogP contribution in [0.4, 0.5) is 11.4 Å². The van der Waals surface area contributed by atoms with Gasteiger partial charge in [0.15, 0.2) is 12.6 Å². The minimum Gasteiger partial charge on any atom is -0.382 e. The largest absolute Gasteiger partial charge is 0.382 e. The molecule has 0 spiro atoms. The highest BCUT2D eigenvalue weighted by molar-refractivity contribution is 5.87. The molecule has 0 aliphatic carbocycles. The van der Waals surface area contributed by atoms with Crippen molar-refractivity contribution in [3.05, 3.63) is 59.2 Å². The zero-order valence-corrected chi connectivity index (χ0v) is 12.4. The van der Waals surface area contributed by atoms with Gasteiger partial charge < -0.3 is 10.6 Å². The molecule has 3 rings (SSSR count). The molecule has 2 N–H and O–H groups in total. The zero-order chi connectivity index (χ0) is 15.5. The second kappa shape index (κ2) is 6.02. The molecule has 112 valence electrons. The Balaban J connectivity index is 1.99. The lowest BCUT2D eigenvalue weighted by molar-refractivity contribution is 0.111. The molecule has 4 nitrogen and oxygen atoms in total. The number of hydrogen-bond acceptors (Lipinski definition) is 4. The van der Waals surface area contributed by atoms with Gasteiger partial charge in [0.05, 0.1) is 11.7 Å². The third-order valence-electron chi connectivity index (χ3n) is 4.03. The lowest BCUT2D eigenvalue weighted by Crippen LogP contribution is -2.30. The lowest BCUT2D eigenvalue weighted by atomic mass is 9.91. The van der Waals surface area contributed by atoms with Gasteiger partial charge in [-0.3, -0.25) is 9.59 Å². The molecular formula is C18H18N2O2. The fraction of sp³-hybridized carbons (Fsp3) is 0.222. The Hall–Kier alpha value is -2.62. The van der Waals surface area contributed by atoms with Gasteiger partial charge in [-0.25, -0.2) is 0 Å². The summed E-state index contributed by atoms with van der Waals surface area (Å²) in [6.45, 7) is 2.09. The molecule has 1 heterocycles. The van der Waals surface area contributed by atoms with Gasteiger partial charge in [0, 0.05) is 22.9 Å². The molecule has 0 amide bonds. The SMILES string of the molecule is CC1CC(Nc2ccccc2C=O)c2cccc(C=O)c2N1. The van der Waals surface area contributed by atoms with E-state index in [4.69, 9.17) is 0 Å². The van der Waals surface area contributed by atoms with Crippen molar-refractivity contribution in [2.24, 2.45) is 0 Å². The van der Waals surface area contributed by atoms with Gasteiger partial charge in [-0.05, 0) is 37.1 Å². The highest BCUT2D eigenvalue weighted by atomic mass is 16.1. The van der Waals surface area contributed by atoms with Crippen molar-refractivity contribution < 1.29 is 9.59 Å². The highest BCUT2D eigenvalue weighted by Crippen LogP contribution is 2.36. The molecule has 0 saturated carbocycles. The van der Waals surface area contributed by atoms with Crippen LogP contribution < -0.4 is 10.6 Å². The number of carbonyl (C=O) groups excluding carboxylic acids is 2. The topological polar surface area (TPSA) is 58.2 Å². The summed E-state index contributed by atoms with van der Waals surface area (Å²) in [5.74, 6) is 0. The Kier molecular flexibility index (Phi) is 3.92. The highest BCUT2D eigenvalue weighted by Gasteiger charge is 2.26. The summed E-state index contributed by atoms with van der Waals surface area (Å²) in [7, 11) is 0. The number of fused-ring (bicyclic) bond motifs is 1. The Bertz CT molecular complexity index is 712. The molecule has 22 heavy (non-hydrogen) atoms. The molecular weight excluding hydrogens is 276 g/mol. The number of para-hydroxylation sites is 2. The lowest BCUT2D eigenvalue weighted by Gasteiger charge is -2.33. The van der Waals surface area contributed by atoms with E-state index in [1.165, 1.54) is 0 Å². The van der Waals surface area contributed by atoms with Crippen LogP contribution in [0.1, 0.15) is 45.7 Å². The molecule has 0 bridgehead atoms.